The van der Waals surface area contributed by atoms with Gasteiger partial charge in [-0.1, -0.05) is 12.1 Å². The average molecular weight is 285 g/mol. The summed E-state index contributed by atoms with van der Waals surface area (Å²) in [7, 11) is 0. The monoisotopic (exact) mass is 284 g/mol. The Morgan fingerprint density at radius 2 is 2.13 bits per heavy atom. The summed E-state index contributed by atoms with van der Waals surface area (Å²) in [5.74, 6) is -0.560. The zero-order valence-corrected chi connectivity index (χ0v) is 9.94. The summed E-state index contributed by atoms with van der Waals surface area (Å²) >= 11 is 4.71. The second-order valence-electron chi connectivity index (χ2n) is 2.97. The van der Waals surface area contributed by atoms with Gasteiger partial charge in [0.15, 0.2) is 5.78 Å². The van der Waals surface area contributed by atoms with Crippen molar-refractivity contribution in [3.05, 3.63) is 56.4 Å². The number of carbonyl (C=O) groups excluding carboxylic acids is 1. The Balaban J connectivity index is 2.41. The first-order chi connectivity index (χ1) is 7.18. The van der Waals surface area contributed by atoms with Gasteiger partial charge in [-0.2, -0.15) is 11.3 Å². The molecule has 2 rings (SSSR count). The topological polar surface area (TPSA) is 17.1 Å². The van der Waals surface area contributed by atoms with Gasteiger partial charge in [-0.05, 0) is 28.1 Å². The lowest BCUT2D eigenvalue weighted by molar-refractivity contribution is 0.103. The molecule has 1 heterocycles. The zero-order valence-electron chi connectivity index (χ0n) is 7.54. The first kappa shape index (κ1) is 10.5. The van der Waals surface area contributed by atoms with Gasteiger partial charge >= 0.3 is 0 Å². The van der Waals surface area contributed by atoms with E-state index in [4.69, 9.17) is 0 Å². The fraction of sp³-hybridized carbons (Fsp3) is 0. The predicted octanol–water partition coefficient (Wildman–Crippen LogP) is 3.88. The molecular weight excluding hydrogens is 279 g/mol. The fourth-order valence-electron chi connectivity index (χ4n) is 1.23. The highest BCUT2D eigenvalue weighted by Crippen LogP contribution is 2.24. The molecule has 4 heteroatoms. The van der Waals surface area contributed by atoms with Crippen LogP contribution >= 0.6 is 27.3 Å². The average Bonchev–Trinajstić information content (AvgIpc) is 2.63. The maximum Gasteiger partial charge on any atom is 0.195 e. The minimum Gasteiger partial charge on any atom is -0.289 e. The van der Waals surface area contributed by atoms with Crippen LogP contribution in [0.4, 0.5) is 4.39 Å². The van der Waals surface area contributed by atoms with Crippen LogP contribution in [-0.2, 0) is 0 Å². The SMILES string of the molecule is O=C(c1cccc(F)c1)c1cscc1Br. The Kier molecular flexibility index (Phi) is 2.98. The van der Waals surface area contributed by atoms with Crippen molar-refractivity contribution in [1.29, 1.82) is 0 Å². The maximum atomic E-state index is 12.9. The Morgan fingerprint density at radius 1 is 1.33 bits per heavy atom. The molecule has 0 amide bonds. The lowest BCUT2D eigenvalue weighted by atomic mass is 10.1. The summed E-state index contributed by atoms with van der Waals surface area (Å²) in [6, 6.07) is 5.70. The molecule has 0 spiro atoms. The molecule has 1 aromatic carbocycles. The van der Waals surface area contributed by atoms with Crippen molar-refractivity contribution >= 4 is 33.0 Å². The number of halogens is 2. The molecule has 0 atom stereocenters. The van der Waals surface area contributed by atoms with E-state index < -0.39 is 5.82 Å². The number of hydrogen-bond donors (Lipinski definition) is 0. The molecule has 76 valence electrons. The summed E-state index contributed by atoms with van der Waals surface area (Å²) < 4.78 is 13.7. The molecule has 1 aromatic heterocycles. The molecular formula is C11H6BrFOS. The fourth-order valence-corrected chi connectivity index (χ4v) is 2.68. The molecule has 15 heavy (non-hydrogen) atoms. The molecule has 0 N–H and O–H groups in total. The van der Waals surface area contributed by atoms with E-state index in [-0.39, 0.29) is 5.78 Å². The molecule has 0 aliphatic rings. The third-order valence-electron chi connectivity index (χ3n) is 1.95. The van der Waals surface area contributed by atoms with Gasteiger partial charge in [-0.3, -0.25) is 4.79 Å². The number of rotatable bonds is 2. The quantitative estimate of drug-likeness (QED) is 0.765. The van der Waals surface area contributed by atoms with Crippen LogP contribution in [0, 0.1) is 5.82 Å². The van der Waals surface area contributed by atoms with Crippen LogP contribution < -0.4 is 0 Å². The van der Waals surface area contributed by atoms with Gasteiger partial charge in [-0.25, -0.2) is 4.39 Å². The van der Waals surface area contributed by atoms with Gasteiger partial charge < -0.3 is 0 Å². The largest absolute Gasteiger partial charge is 0.289 e. The van der Waals surface area contributed by atoms with Crippen molar-refractivity contribution in [3.8, 4) is 0 Å². The first-order valence-corrected chi connectivity index (χ1v) is 5.94. The summed E-state index contributed by atoms with van der Waals surface area (Å²) in [6.07, 6.45) is 0. The molecule has 0 aliphatic heterocycles. The summed E-state index contributed by atoms with van der Waals surface area (Å²) in [5, 5.41) is 3.57. The molecule has 0 aliphatic carbocycles. The summed E-state index contributed by atoms with van der Waals surface area (Å²) in [4.78, 5) is 11.9. The first-order valence-electron chi connectivity index (χ1n) is 4.20. The van der Waals surface area contributed by atoms with E-state index in [1.807, 2.05) is 5.38 Å². The molecule has 0 fully saturated rings. The number of benzene rings is 1. The highest BCUT2D eigenvalue weighted by atomic mass is 79.9. The van der Waals surface area contributed by atoms with E-state index in [9.17, 15) is 9.18 Å². The Labute approximate surface area is 98.7 Å². The molecule has 1 nitrogen and oxygen atoms in total. The number of hydrogen-bond acceptors (Lipinski definition) is 2. The van der Waals surface area contributed by atoms with E-state index in [1.54, 1.807) is 11.4 Å². The highest BCUT2D eigenvalue weighted by molar-refractivity contribution is 9.10. The van der Waals surface area contributed by atoms with E-state index >= 15 is 0 Å². The third kappa shape index (κ3) is 2.16. The molecule has 0 saturated heterocycles. The summed E-state index contributed by atoms with van der Waals surface area (Å²) in [6.45, 7) is 0. The predicted molar refractivity (Wildman–Crippen MR) is 61.9 cm³/mol. The van der Waals surface area contributed by atoms with E-state index in [1.165, 1.54) is 29.5 Å². The van der Waals surface area contributed by atoms with Gasteiger partial charge in [0.25, 0.3) is 0 Å². The Morgan fingerprint density at radius 3 is 2.73 bits per heavy atom. The van der Waals surface area contributed by atoms with Gasteiger partial charge in [0.1, 0.15) is 5.82 Å². The van der Waals surface area contributed by atoms with E-state index in [0.29, 0.717) is 11.1 Å². The van der Waals surface area contributed by atoms with Crippen LogP contribution in [-0.4, -0.2) is 5.78 Å². The number of ketones is 1. The van der Waals surface area contributed by atoms with Crippen molar-refractivity contribution in [3.63, 3.8) is 0 Å². The molecule has 0 radical (unpaired) electrons. The highest BCUT2D eigenvalue weighted by Gasteiger charge is 2.13. The lowest BCUT2D eigenvalue weighted by Gasteiger charge is -1.99. The van der Waals surface area contributed by atoms with Crippen LogP contribution in [0.3, 0.4) is 0 Å². The summed E-state index contributed by atoms with van der Waals surface area (Å²) in [5.41, 5.74) is 0.944. The van der Waals surface area contributed by atoms with Crippen molar-refractivity contribution in [2.45, 2.75) is 0 Å². The standard InChI is InChI=1S/C11H6BrFOS/c12-10-6-15-5-9(10)11(14)7-2-1-3-8(13)4-7/h1-6H. The van der Waals surface area contributed by atoms with Crippen molar-refractivity contribution in [2.75, 3.05) is 0 Å². The van der Waals surface area contributed by atoms with Crippen molar-refractivity contribution in [1.82, 2.24) is 0 Å². The van der Waals surface area contributed by atoms with E-state index in [2.05, 4.69) is 15.9 Å². The second-order valence-corrected chi connectivity index (χ2v) is 4.57. The molecule has 2 aromatic rings. The van der Waals surface area contributed by atoms with Crippen LogP contribution in [0.15, 0.2) is 39.5 Å². The van der Waals surface area contributed by atoms with Gasteiger partial charge in [0.2, 0.25) is 0 Å². The van der Waals surface area contributed by atoms with Gasteiger partial charge in [0.05, 0.1) is 0 Å². The molecule has 0 saturated carbocycles. The lowest BCUT2D eigenvalue weighted by Crippen LogP contribution is -2.00. The minimum atomic E-state index is -0.396. The van der Waals surface area contributed by atoms with Crippen LogP contribution in [0.25, 0.3) is 0 Å². The smallest absolute Gasteiger partial charge is 0.195 e. The van der Waals surface area contributed by atoms with Crippen molar-refractivity contribution in [2.24, 2.45) is 0 Å². The van der Waals surface area contributed by atoms with Crippen LogP contribution in [0.1, 0.15) is 15.9 Å². The molecule has 0 bridgehead atoms. The third-order valence-corrected chi connectivity index (χ3v) is 3.65. The van der Waals surface area contributed by atoms with Gasteiger partial charge in [0, 0.05) is 26.4 Å². The number of thiophene rings is 1. The van der Waals surface area contributed by atoms with Gasteiger partial charge in [-0.15, -0.1) is 0 Å². The maximum absolute atomic E-state index is 12.9. The molecule has 0 unspecified atom stereocenters. The minimum absolute atomic E-state index is 0.164. The number of carbonyl (C=O) groups is 1. The second kappa shape index (κ2) is 4.24. The van der Waals surface area contributed by atoms with Crippen LogP contribution in [0.5, 0.6) is 0 Å². The normalized spacial score (nSPS) is 10.3. The Bertz CT molecular complexity index is 507. The van der Waals surface area contributed by atoms with Crippen LogP contribution in [0.2, 0.25) is 0 Å². The Hall–Kier alpha value is -1.00. The van der Waals surface area contributed by atoms with Crippen molar-refractivity contribution < 1.29 is 9.18 Å². The van der Waals surface area contributed by atoms with E-state index in [0.717, 1.165) is 4.47 Å². The zero-order chi connectivity index (χ0) is 10.8.